The lowest BCUT2D eigenvalue weighted by atomic mass is 9.91. The maximum absolute atomic E-state index is 12.8. The Labute approximate surface area is 194 Å². The van der Waals surface area contributed by atoms with Gasteiger partial charge in [0.25, 0.3) is 5.91 Å². The van der Waals surface area contributed by atoms with Gasteiger partial charge < -0.3 is 30.3 Å². The Kier molecular flexibility index (Phi) is 9.51. The highest BCUT2D eigenvalue weighted by atomic mass is 19.4. The summed E-state index contributed by atoms with van der Waals surface area (Å²) in [6.07, 6.45) is -3.69. The van der Waals surface area contributed by atoms with E-state index in [-0.39, 0.29) is 24.2 Å². The van der Waals surface area contributed by atoms with Crippen LogP contribution in [0.4, 0.5) is 22.8 Å². The van der Waals surface area contributed by atoms with Crippen LogP contribution in [0.1, 0.15) is 41.6 Å². The number of benzene rings is 1. The van der Waals surface area contributed by atoms with Gasteiger partial charge in [-0.3, -0.25) is 9.59 Å². The molecule has 0 bridgehead atoms. The summed E-state index contributed by atoms with van der Waals surface area (Å²) in [6, 6.07) is 3.58. The zero-order chi connectivity index (χ0) is 25.3. The number of ether oxygens (including phenoxy) is 2. The van der Waals surface area contributed by atoms with Gasteiger partial charge in [0.2, 0.25) is 12.7 Å². The fraction of sp³-hybridized carbons (Fsp3) is 0.524. The molecular formula is C21H27F3N4O6. The van der Waals surface area contributed by atoms with E-state index in [1.807, 2.05) is 0 Å². The van der Waals surface area contributed by atoms with Gasteiger partial charge >= 0.3 is 18.4 Å². The number of halogens is 3. The quantitative estimate of drug-likeness (QED) is 0.506. The first-order valence-electron chi connectivity index (χ1n) is 10.5. The van der Waals surface area contributed by atoms with Crippen molar-refractivity contribution in [1.29, 1.82) is 0 Å². The predicted molar refractivity (Wildman–Crippen MR) is 113 cm³/mol. The molecule has 1 aromatic rings. The van der Waals surface area contributed by atoms with Crippen LogP contribution in [0.3, 0.4) is 0 Å². The maximum Gasteiger partial charge on any atom is 0.416 e. The summed E-state index contributed by atoms with van der Waals surface area (Å²) in [5.41, 5.74) is -1.15. The van der Waals surface area contributed by atoms with Crippen molar-refractivity contribution in [2.75, 3.05) is 27.4 Å². The van der Waals surface area contributed by atoms with E-state index in [9.17, 15) is 32.3 Å². The number of alkyl halides is 3. The molecule has 2 rings (SSSR count). The number of hydrogen-bond acceptors (Lipinski definition) is 6. The number of nitrogens with one attached hydrogen (secondary N) is 3. The van der Waals surface area contributed by atoms with Crippen LogP contribution in [0.25, 0.3) is 0 Å². The maximum atomic E-state index is 12.8. The highest BCUT2D eigenvalue weighted by Gasteiger charge is 2.31. The highest BCUT2D eigenvalue weighted by Crippen LogP contribution is 2.29. The number of hydrogen-bond donors (Lipinski definition) is 3. The van der Waals surface area contributed by atoms with Crippen LogP contribution in [0.15, 0.2) is 24.3 Å². The Morgan fingerprint density at radius 3 is 2.21 bits per heavy atom. The van der Waals surface area contributed by atoms with Crippen molar-refractivity contribution >= 4 is 24.0 Å². The van der Waals surface area contributed by atoms with E-state index in [2.05, 4.69) is 20.7 Å². The summed E-state index contributed by atoms with van der Waals surface area (Å²) in [4.78, 5) is 48.4. The molecule has 13 heteroatoms. The van der Waals surface area contributed by atoms with E-state index in [0.717, 1.165) is 18.2 Å². The molecule has 10 nitrogen and oxygen atoms in total. The second-order valence-electron chi connectivity index (χ2n) is 7.88. The number of amides is 4. The van der Waals surface area contributed by atoms with Crippen LogP contribution in [0.5, 0.6) is 0 Å². The molecule has 0 aromatic heterocycles. The third kappa shape index (κ3) is 8.79. The normalized spacial score (nSPS) is 17.8. The van der Waals surface area contributed by atoms with Crippen molar-refractivity contribution in [2.45, 2.75) is 43.9 Å². The molecular weight excluding hydrogens is 461 g/mol. The molecule has 0 radical (unpaired) electrons. The second-order valence-corrected chi connectivity index (χ2v) is 7.88. The summed E-state index contributed by atoms with van der Waals surface area (Å²) in [6.45, 7) is -0.897. The molecule has 1 saturated carbocycles. The minimum Gasteiger partial charge on any atom is -0.412 e. The van der Waals surface area contributed by atoms with Crippen LogP contribution < -0.4 is 16.0 Å². The van der Waals surface area contributed by atoms with E-state index in [4.69, 9.17) is 4.74 Å². The fourth-order valence-electron chi connectivity index (χ4n) is 3.23. The van der Waals surface area contributed by atoms with Crippen molar-refractivity contribution in [3.8, 4) is 0 Å². The van der Waals surface area contributed by atoms with Gasteiger partial charge in [0, 0.05) is 31.7 Å². The Hall–Kier alpha value is -3.51. The Balaban J connectivity index is 1.66. The third-order valence-electron chi connectivity index (χ3n) is 5.01. The molecule has 0 saturated heterocycles. The van der Waals surface area contributed by atoms with Gasteiger partial charge in [-0.2, -0.15) is 13.2 Å². The van der Waals surface area contributed by atoms with Gasteiger partial charge in [0.1, 0.15) is 0 Å². The predicted octanol–water partition coefficient (Wildman–Crippen LogP) is 2.24. The Morgan fingerprint density at radius 2 is 1.62 bits per heavy atom. The van der Waals surface area contributed by atoms with Crippen molar-refractivity contribution < 1.29 is 41.8 Å². The zero-order valence-electron chi connectivity index (χ0n) is 18.7. The summed E-state index contributed by atoms with van der Waals surface area (Å²) in [5, 5.41) is 7.71. The van der Waals surface area contributed by atoms with Gasteiger partial charge in [0.05, 0.1) is 12.1 Å². The molecule has 4 amide bonds. The lowest BCUT2D eigenvalue weighted by molar-refractivity contribution is -0.137. The summed E-state index contributed by atoms with van der Waals surface area (Å²) < 4.78 is 47.8. The molecule has 3 N–H and O–H groups in total. The van der Waals surface area contributed by atoms with E-state index >= 15 is 0 Å². The largest absolute Gasteiger partial charge is 0.416 e. The lowest BCUT2D eigenvalue weighted by Crippen LogP contribution is -2.46. The number of alkyl carbamates (subject to hydrolysis) is 1. The van der Waals surface area contributed by atoms with E-state index in [1.54, 1.807) is 0 Å². The Morgan fingerprint density at radius 1 is 1.00 bits per heavy atom. The lowest BCUT2D eigenvalue weighted by Gasteiger charge is -2.29. The standard InChI is InChI=1S/C21H27F3N4O6/c1-28(2)20(32)34-12-33-19(31)27-16-8-6-15(7-9-16)26-17(29)11-25-18(30)13-4-3-5-14(10-13)21(22,23)24/h3-5,10,15-16H,6-9,11-12H2,1-2H3,(H,25,30)(H,26,29)(H,27,31). The molecule has 188 valence electrons. The van der Waals surface area contributed by atoms with E-state index in [0.29, 0.717) is 25.7 Å². The number of carbonyl (C=O) groups is 4. The minimum atomic E-state index is -4.57. The number of nitrogens with zero attached hydrogens (tertiary/aromatic N) is 1. The summed E-state index contributed by atoms with van der Waals surface area (Å²) >= 11 is 0. The molecule has 1 fully saturated rings. The SMILES string of the molecule is CN(C)C(=O)OCOC(=O)NC1CCC(NC(=O)CNC(=O)c2cccc(C(F)(F)F)c2)CC1. The molecule has 1 aliphatic carbocycles. The molecule has 34 heavy (non-hydrogen) atoms. The van der Waals surface area contributed by atoms with Crippen LogP contribution in [-0.2, 0) is 20.4 Å². The monoisotopic (exact) mass is 488 g/mol. The van der Waals surface area contributed by atoms with Gasteiger partial charge in [-0.1, -0.05) is 6.07 Å². The second kappa shape index (κ2) is 12.1. The molecule has 0 atom stereocenters. The van der Waals surface area contributed by atoms with Crippen LogP contribution >= 0.6 is 0 Å². The topological polar surface area (TPSA) is 126 Å². The van der Waals surface area contributed by atoms with Crippen molar-refractivity contribution in [1.82, 2.24) is 20.9 Å². The molecule has 1 aromatic carbocycles. The average Bonchev–Trinajstić information content (AvgIpc) is 2.78. The van der Waals surface area contributed by atoms with Crippen LogP contribution in [0.2, 0.25) is 0 Å². The smallest absolute Gasteiger partial charge is 0.412 e. The number of carbonyl (C=O) groups excluding carboxylic acids is 4. The molecule has 0 spiro atoms. The molecule has 0 heterocycles. The van der Waals surface area contributed by atoms with Crippen molar-refractivity contribution in [3.63, 3.8) is 0 Å². The first-order chi connectivity index (χ1) is 16.0. The fourth-order valence-corrected chi connectivity index (χ4v) is 3.23. The van der Waals surface area contributed by atoms with Gasteiger partial charge in [-0.05, 0) is 43.9 Å². The molecule has 1 aliphatic rings. The average molecular weight is 488 g/mol. The molecule has 0 unspecified atom stereocenters. The van der Waals surface area contributed by atoms with Crippen molar-refractivity contribution in [3.05, 3.63) is 35.4 Å². The highest BCUT2D eigenvalue weighted by molar-refractivity contribution is 5.96. The van der Waals surface area contributed by atoms with E-state index in [1.165, 1.54) is 25.1 Å². The van der Waals surface area contributed by atoms with Crippen LogP contribution in [-0.4, -0.2) is 68.4 Å². The summed E-state index contributed by atoms with van der Waals surface area (Å²) in [5.74, 6) is -1.26. The summed E-state index contributed by atoms with van der Waals surface area (Å²) in [7, 11) is 2.98. The van der Waals surface area contributed by atoms with Crippen LogP contribution in [0, 0.1) is 0 Å². The van der Waals surface area contributed by atoms with E-state index < -0.39 is 42.5 Å². The van der Waals surface area contributed by atoms with Gasteiger partial charge in [0.15, 0.2) is 0 Å². The molecule has 0 aliphatic heterocycles. The minimum absolute atomic E-state index is 0.173. The third-order valence-corrected chi connectivity index (χ3v) is 5.01. The first kappa shape index (κ1) is 26.7. The van der Waals surface area contributed by atoms with Crippen molar-refractivity contribution in [2.24, 2.45) is 0 Å². The van der Waals surface area contributed by atoms with Gasteiger partial charge in [-0.25, -0.2) is 9.59 Å². The zero-order valence-corrected chi connectivity index (χ0v) is 18.7. The number of rotatable bonds is 7. The first-order valence-corrected chi connectivity index (χ1v) is 10.5. The van der Waals surface area contributed by atoms with Gasteiger partial charge in [-0.15, -0.1) is 0 Å². The Bertz CT molecular complexity index is 886.